The number of rotatable bonds is 66. The topological polar surface area (TPSA) is 95.9 Å². The Kier molecular flexibility index (Phi) is 65.4. The highest BCUT2D eigenvalue weighted by atomic mass is 16.5. The zero-order valence-corrected chi connectivity index (χ0v) is 52.2. The van der Waals surface area contributed by atoms with Gasteiger partial charge in [0.15, 0.2) is 0 Å². The summed E-state index contributed by atoms with van der Waals surface area (Å²) in [6.45, 7) is 4.97. The van der Waals surface area contributed by atoms with Gasteiger partial charge in [0.2, 0.25) is 5.91 Å². The molecule has 0 aliphatic carbocycles. The maximum absolute atomic E-state index is 12.5. The first-order chi connectivity index (χ1) is 38.0. The molecule has 3 N–H and O–H groups in total. The summed E-state index contributed by atoms with van der Waals surface area (Å²) < 4.78 is 5.49. The third-order valence-electron chi connectivity index (χ3n) is 16.5. The van der Waals surface area contributed by atoms with Crippen LogP contribution in [0, 0.1) is 0 Å². The van der Waals surface area contributed by atoms with Crippen LogP contribution >= 0.6 is 0 Å². The van der Waals surface area contributed by atoms with Crippen LogP contribution < -0.4 is 5.32 Å². The molecule has 0 aromatic rings. The first-order valence-electron chi connectivity index (χ1n) is 35.1. The lowest BCUT2D eigenvalue weighted by Gasteiger charge is -2.22. The average molecular weight is 1080 g/mol. The zero-order valence-electron chi connectivity index (χ0n) is 52.2. The fourth-order valence-corrected chi connectivity index (χ4v) is 11.1. The van der Waals surface area contributed by atoms with Gasteiger partial charge < -0.3 is 20.3 Å². The Balaban J connectivity index is 3.43. The van der Waals surface area contributed by atoms with Gasteiger partial charge in [-0.05, 0) is 77.0 Å². The smallest absolute Gasteiger partial charge is 0.305 e. The van der Waals surface area contributed by atoms with E-state index in [-0.39, 0.29) is 18.5 Å². The Morgan fingerprint density at radius 2 is 0.610 bits per heavy atom. The van der Waals surface area contributed by atoms with Crippen LogP contribution in [0.5, 0.6) is 0 Å². The van der Waals surface area contributed by atoms with E-state index in [1.165, 1.54) is 302 Å². The van der Waals surface area contributed by atoms with Crippen molar-refractivity contribution in [3.63, 3.8) is 0 Å². The second-order valence-electron chi connectivity index (χ2n) is 24.2. The van der Waals surface area contributed by atoms with E-state index in [9.17, 15) is 19.8 Å². The van der Waals surface area contributed by atoms with Crippen molar-refractivity contribution in [1.29, 1.82) is 0 Å². The first kappa shape index (κ1) is 75.3. The summed E-state index contributed by atoms with van der Waals surface area (Å²) in [4.78, 5) is 24.6. The van der Waals surface area contributed by atoms with Crippen molar-refractivity contribution in [3.05, 3.63) is 24.3 Å². The number of hydrogen-bond donors (Lipinski definition) is 3. The molecule has 1 amide bonds. The molecule has 0 heterocycles. The SMILES string of the molecule is CCCCCCCC/C=C\CCCCCCCCCC(=O)OCCCCCCCCCCC/C=C\CCCCCCCC(=O)NC(CO)C(O)CCCCCCCCCCCCCCCCCCCCCCCCCCC. The number of carbonyl (C=O) groups excluding carboxylic acids is 2. The quantitative estimate of drug-likeness (QED) is 0.0320. The number of aliphatic hydroxyl groups excluding tert-OH is 2. The molecule has 0 radical (unpaired) electrons. The molecule has 456 valence electrons. The molecule has 0 aromatic carbocycles. The summed E-state index contributed by atoms with van der Waals surface area (Å²) in [5.41, 5.74) is 0. The number of aliphatic hydroxyl groups is 2. The highest BCUT2D eigenvalue weighted by molar-refractivity contribution is 5.76. The Hall–Kier alpha value is -1.66. The number of allylic oxidation sites excluding steroid dienone is 4. The lowest BCUT2D eigenvalue weighted by molar-refractivity contribution is -0.143. The maximum atomic E-state index is 12.5. The Labute approximate surface area is 481 Å². The van der Waals surface area contributed by atoms with Gasteiger partial charge in [0, 0.05) is 12.8 Å². The van der Waals surface area contributed by atoms with E-state index in [2.05, 4.69) is 43.5 Å². The maximum Gasteiger partial charge on any atom is 0.305 e. The third kappa shape index (κ3) is 63.4. The minimum absolute atomic E-state index is 0.000823. The predicted octanol–water partition coefficient (Wildman–Crippen LogP) is 22.5. The van der Waals surface area contributed by atoms with Crippen LogP contribution in [0.2, 0.25) is 0 Å². The molecule has 2 atom stereocenters. The summed E-state index contributed by atoms with van der Waals surface area (Å²) >= 11 is 0. The van der Waals surface area contributed by atoms with Crippen LogP contribution in [-0.4, -0.2) is 47.4 Å². The van der Waals surface area contributed by atoms with Crippen molar-refractivity contribution in [3.8, 4) is 0 Å². The van der Waals surface area contributed by atoms with Crippen molar-refractivity contribution in [2.24, 2.45) is 0 Å². The van der Waals surface area contributed by atoms with Crippen molar-refractivity contribution in [1.82, 2.24) is 5.32 Å². The van der Waals surface area contributed by atoms with E-state index >= 15 is 0 Å². The molecular weight excluding hydrogens is 947 g/mol. The van der Waals surface area contributed by atoms with Crippen LogP contribution in [0.25, 0.3) is 0 Å². The van der Waals surface area contributed by atoms with Gasteiger partial charge in [0.1, 0.15) is 0 Å². The molecule has 2 unspecified atom stereocenters. The van der Waals surface area contributed by atoms with E-state index in [0.717, 1.165) is 57.8 Å². The van der Waals surface area contributed by atoms with Gasteiger partial charge in [-0.2, -0.15) is 0 Å². The van der Waals surface area contributed by atoms with E-state index in [1.807, 2.05) is 0 Å². The normalized spacial score (nSPS) is 12.6. The van der Waals surface area contributed by atoms with Gasteiger partial charge in [-0.1, -0.05) is 327 Å². The Morgan fingerprint density at radius 3 is 0.922 bits per heavy atom. The summed E-state index contributed by atoms with van der Waals surface area (Å²) in [5.74, 6) is -0.0440. The van der Waals surface area contributed by atoms with Crippen molar-refractivity contribution >= 4 is 11.9 Å². The van der Waals surface area contributed by atoms with Gasteiger partial charge in [-0.25, -0.2) is 0 Å². The number of unbranched alkanes of at least 4 members (excludes halogenated alkanes) is 51. The molecule has 0 saturated carbocycles. The van der Waals surface area contributed by atoms with Crippen LogP contribution in [-0.2, 0) is 14.3 Å². The largest absolute Gasteiger partial charge is 0.466 e. The molecular formula is C71H137NO5. The molecule has 77 heavy (non-hydrogen) atoms. The number of nitrogens with one attached hydrogen (secondary N) is 1. The number of carbonyl (C=O) groups is 2. The van der Waals surface area contributed by atoms with Gasteiger partial charge in [-0.15, -0.1) is 0 Å². The summed E-state index contributed by atoms with van der Waals surface area (Å²) in [5, 5.41) is 23.4. The number of amides is 1. The van der Waals surface area contributed by atoms with Crippen molar-refractivity contribution in [2.75, 3.05) is 13.2 Å². The fraction of sp³-hybridized carbons (Fsp3) is 0.915. The average Bonchev–Trinajstić information content (AvgIpc) is 3.43. The van der Waals surface area contributed by atoms with Crippen LogP contribution in [0.15, 0.2) is 24.3 Å². The molecule has 0 rings (SSSR count). The second-order valence-corrected chi connectivity index (χ2v) is 24.2. The lowest BCUT2D eigenvalue weighted by Crippen LogP contribution is -2.45. The Morgan fingerprint density at radius 1 is 0.351 bits per heavy atom. The molecule has 0 bridgehead atoms. The highest BCUT2D eigenvalue weighted by Crippen LogP contribution is 2.19. The lowest BCUT2D eigenvalue weighted by atomic mass is 10.0. The molecule has 0 aliphatic rings. The molecule has 0 saturated heterocycles. The van der Waals surface area contributed by atoms with Gasteiger partial charge in [0.25, 0.3) is 0 Å². The third-order valence-corrected chi connectivity index (χ3v) is 16.5. The molecule has 0 aromatic heterocycles. The fourth-order valence-electron chi connectivity index (χ4n) is 11.1. The second kappa shape index (κ2) is 66.8. The minimum atomic E-state index is -0.675. The summed E-state index contributed by atoms with van der Waals surface area (Å²) in [6.07, 6.45) is 83.6. The van der Waals surface area contributed by atoms with Gasteiger partial charge in [0.05, 0.1) is 25.4 Å². The van der Waals surface area contributed by atoms with E-state index in [1.54, 1.807) is 0 Å². The number of ether oxygens (including phenoxy) is 1. The monoisotopic (exact) mass is 1080 g/mol. The van der Waals surface area contributed by atoms with E-state index < -0.39 is 12.1 Å². The predicted molar refractivity (Wildman–Crippen MR) is 338 cm³/mol. The molecule has 6 nitrogen and oxygen atoms in total. The summed E-state index contributed by atoms with van der Waals surface area (Å²) in [6, 6.07) is -0.553. The minimum Gasteiger partial charge on any atom is -0.466 e. The van der Waals surface area contributed by atoms with Gasteiger partial charge >= 0.3 is 5.97 Å². The van der Waals surface area contributed by atoms with E-state index in [4.69, 9.17) is 4.74 Å². The van der Waals surface area contributed by atoms with Crippen molar-refractivity contribution < 1.29 is 24.5 Å². The van der Waals surface area contributed by atoms with Crippen LogP contribution in [0.4, 0.5) is 0 Å². The number of esters is 1. The molecule has 0 aliphatic heterocycles. The highest BCUT2D eigenvalue weighted by Gasteiger charge is 2.20. The standard InChI is InChI=1S/C71H137NO5/c1-3-5-7-9-11-13-15-17-19-21-22-23-24-25-26-27-28-32-35-39-43-47-51-55-59-63-69(74)68(67-73)72-70(75)64-60-56-52-48-44-40-36-33-29-30-34-38-42-46-50-54-58-62-66-77-71(76)65-61-57-53-49-45-41-37-31-20-18-16-14-12-10-8-6-4-2/h18,20,33,36,68-69,73-74H,3-17,19,21-32,34-35,37-67H2,1-2H3,(H,72,75)/b20-18-,36-33-. The Bertz CT molecular complexity index is 1200. The van der Waals surface area contributed by atoms with Crippen LogP contribution in [0.1, 0.15) is 393 Å². The molecule has 6 heteroatoms. The van der Waals surface area contributed by atoms with E-state index in [0.29, 0.717) is 25.9 Å². The van der Waals surface area contributed by atoms with Crippen molar-refractivity contribution in [2.45, 2.75) is 405 Å². The first-order valence-corrected chi connectivity index (χ1v) is 35.1. The molecule has 0 spiro atoms. The number of hydrogen-bond acceptors (Lipinski definition) is 5. The van der Waals surface area contributed by atoms with Crippen LogP contribution in [0.3, 0.4) is 0 Å². The van der Waals surface area contributed by atoms with Gasteiger partial charge in [-0.3, -0.25) is 9.59 Å². The molecule has 0 fully saturated rings. The summed E-state index contributed by atoms with van der Waals surface area (Å²) in [7, 11) is 0. The zero-order chi connectivity index (χ0) is 55.7.